The minimum atomic E-state index is 0.783. The van der Waals surface area contributed by atoms with E-state index in [0.29, 0.717) is 0 Å². The van der Waals surface area contributed by atoms with Crippen LogP contribution in [-0.4, -0.2) is 0 Å². The first-order valence-electron chi connectivity index (χ1n) is 6.49. The highest BCUT2D eigenvalue weighted by Gasteiger charge is 2.04. The first kappa shape index (κ1) is 13.8. The van der Waals surface area contributed by atoms with Crippen LogP contribution in [0.2, 0.25) is 0 Å². The average Bonchev–Trinajstić information content (AvgIpc) is 2.56. The molecule has 0 aliphatic heterocycles. The molecule has 3 aromatic carbocycles. The zero-order valence-electron chi connectivity index (χ0n) is 10.9. The minimum absolute atomic E-state index is 0.783. The highest BCUT2D eigenvalue weighted by Crippen LogP contribution is 2.30. The van der Waals surface area contributed by atoms with Gasteiger partial charge in [-0.2, -0.15) is 0 Å². The second-order valence-corrected chi connectivity index (χ2v) is 7.01. The van der Waals surface area contributed by atoms with Crippen LogP contribution in [0.4, 0.5) is 0 Å². The molecule has 0 radical (unpaired) electrons. The predicted octanol–water partition coefficient (Wildman–Crippen LogP) is 5.67. The number of halogens is 1. The largest absolute Gasteiger partial charge is 0.0622 e. The Balaban J connectivity index is 2.13. The van der Waals surface area contributed by atoms with E-state index in [9.17, 15) is 0 Å². The second kappa shape index (κ2) is 6.51. The van der Waals surface area contributed by atoms with E-state index in [4.69, 9.17) is 0 Å². The normalized spacial score (nSPS) is 11.1. The minimum Gasteiger partial charge on any atom is -0.0622 e. The van der Waals surface area contributed by atoms with Crippen LogP contribution in [0.1, 0.15) is 0 Å². The first-order chi connectivity index (χ1) is 9.86. The van der Waals surface area contributed by atoms with E-state index in [1.165, 1.54) is 27.6 Å². The monoisotopic (exact) mass is 388 g/mol. The standard InChI is InChI=1S/C18H14IP/c19-20-18-12-16(14-7-3-1-4-8-14)11-17(13-18)15-9-5-2-6-10-15/h1-13,20H. The lowest BCUT2D eigenvalue weighted by molar-refractivity contribution is 1.61. The first-order valence-corrected chi connectivity index (χ1v) is 10.6. The van der Waals surface area contributed by atoms with Crippen LogP contribution < -0.4 is 5.30 Å². The number of hydrogen-bond acceptors (Lipinski definition) is 0. The summed E-state index contributed by atoms with van der Waals surface area (Å²) in [4.78, 5) is 0. The number of hydrogen-bond donors (Lipinski definition) is 0. The van der Waals surface area contributed by atoms with Crippen molar-refractivity contribution in [3.8, 4) is 22.3 Å². The maximum Gasteiger partial charge on any atom is -0.0157 e. The van der Waals surface area contributed by atoms with Crippen molar-refractivity contribution in [2.24, 2.45) is 0 Å². The summed E-state index contributed by atoms with van der Waals surface area (Å²) in [5.41, 5.74) is 5.15. The van der Waals surface area contributed by atoms with Crippen molar-refractivity contribution >= 4 is 33.6 Å². The van der Waals surface area contributed by atoms with Gasteiger partial charge in [0.15, 0.2) is 0 Å². The fourth-order valence-electron chi connectivity index (χ4n) is 2.28. The van der Waals surface area contributed by atoms with Crippen LogP contribution >= 0.6 is 28.3 Å². The Bertz CT molecular complexity index is 635. The van der Waals surface area contributed by atoms with Crippen molar-refractivity contribution in [3.05, 3.63) is 78.9 Å². The van der Waals surface area contributed by atoms with E-state index in [1.54, 1.807) is 0 Å². The van der Waals surface area contributed by atoms with Gasteiger partial charge < -0.3 is 0 Å². The van der Waals surface area contributed by atoms with Crippen LogP contribution in [0.5, 0.6) is 0 Å². The third-order valence-electron chi connectivity index (χ3n) is 3.26. The van der Waals surface area contributed by atoms with Crippen molar-refractivity contribution in [3.63, 3.8) is 0 Å². The van der Waals surface area contributed by atoms with Crippen LogP contribution in [0.15, 0.2) is 78.9 Å². The zero-order valence-corrected chi connectivity index (χ0v) is 14.0. The van der Waals surface area contributed by atoms with E-state index < -0.39 is 0 Å². The molecule has 0 aromatic heterocycles. The number of benzene rings is 3. The van der Waals surface area contributed by atoms with E-state index in [2.05, 4.69) is 101 Å². The van der Waals surface area contributed by atoms with Crippen LogP contribution in [-0.2, 0) is 0 Å². The second-order valence-electron chi connectivity index (χ2n) is 4.63. The summed E-state index contributed by atoms with van der Waals surface area (Å²) in [5.74, 6) is 0. The molecule has 0 bridgehead atoms. The molecule has 0 amide bonds. The van der Waals surface area contributed by atoms with E-state index in [1.807, 2.05) is 0 Å². The van der Waals surface area contributed by atoms with Gasteiger partial charge in [0, 0.05) is 0 Å². The summed E-state index contributed by atoms with van der Waals surface area (Å²) >= 11 is 2.45. The molecular weight excluding hydrogens is 374 g/mol. The molecular formula is C18H14IP. The van der Waals surface area contributed by atoms with E-state index in [0.717, 1.165) is 6.22 Å². The van der Waals surface area contributed by atoms with Crippen LogP contribution in [0, 0.1) is 0 Å². The van der Waals surface area contributed by atoms with Gasteiger partial charge in [0.2, 0.25) is 0 Å². The topological polar surface area (TPSA) is 0 Å². The molecule has 1 unspecified atom stereocenters. The molecule has 0 heterocycles. The van der Waals surface area contributed by atoms with Crippen molar-refractivity contribution in [1.29, 1.82) is 0 Å². The molecule has 0 aliphatic carbocycles. The van der Waals surface area contributed by atoms with Crippen molar-refractivity contribution in [1.82, 2.24) is 0 Å². The maximum absolute atomic E-state index is 2.45. The molecule has 0 spiro atoms. The quantitative estimate of drug-likeness (QED) is 0.400. The molecule has 20 heavy (non-hydrogen) atoms. The third-order valence-corrected chi connectivity index (χ3v) is 5.63. The summed E-state index contributed by atoms with van der Waals surface area (Å²) in [6.07, 6.45) is 0.783. The molecule has 0 N–H and O–H groups in total. The molecule has 0 fully saturated rings. The molecule has 3 aromatic rings. The van der Waals surface area contributed by atoms with Gasteiger partial charge in [-0.1, -0.05) is 82.7 Å². The van der Waals surface area contributed by atoms with E-state index >= 15 is 0 Å². The maximum atomic E-state index is 2.45. The fourth-order valence-corrected chi connectivity index (χ4v) is 3.63. The van der Waals surface area contributed by atoms with Gasteiger partial charge in [-0.3, -0.25) is 0 Å². The smallest absolute Gasteiger partial charge is 0.0157 e. The van der Waals surface area contributed by atoms with Crippen molar-refractivity contribution < 1.29 is 0 Å². The Labute approximate surface area is 134 Å². The summed E-state index contributed by atoms with van der Waals surface area (Å²) < 4.78 is 0. The average molecular weight is 388 g/mol. The lowest BCUT2D eigenvalue weighted by Gasteiger charge is -2.09. The summed E-state index contributed by atoms with van der Waals surface area (Å²) in [5, 5.41) is 1.39. The van der Waals surface area contributed by atoms with Crippen molar-refractivity contribution in [2.45, 2.75) is 0 Å². The van der Waals surface area contributed by atoms with Crippen molar-refractivity contribution in [2.75, 3.05) is 0 Å². The highest BCUT2D eigenvalue weighted by atomic mass is 127. The Morgan fingerprint density at radius 3 is 1.40 bits per heavy atom. The third kappa shape index (κ3) is 3.11. The van der Waals surface area contributed by atoms with Gasteiger partial charge in [-0.25, -0.2) is 0 Å². The van der Waals surface area contributed by atoms with Gasteiger partial charge in [0.05, 0.1) is 0 Å². The summed E-state index contributed by atoms with van der Waals surface area (Å²) in [6.45, 7) is 0. The molecule has 0 aliphatic rings. The molecule has 2 heteroatoms. The van der Waals surface area contributed by atoms with Gasteiger partial charge in [-0.15, -0.1) is 0 Å². The molecule has 3 rings (SSSR count). The lowest BCUT2D eigenvalue weighted by Crippen LogP contribution is -1.94. The van der Waals surface area contributed by atoms with Gasteiger partial charge in [0.25, 0.3) is 0 Å². The van der Waals surface area contributed by atoms with E-state index in [-0.39, 0.29) is 0 Å². The van der Waals surface area contributed by atoms with Crippen LogP contribution in [0.3, 0.4) is 0 Å². The van der Waals surface area contributed by atoms with Gasteiger partial charge >= 0.3 is 0 Å². The molecule has 0 nitrogen and oxygen atoms in total. The number of rotatable bonds is 3. The summed E-state index contributed by atoms with van der Waals surface area (Å²) in [6, 6.07) is 28.1. The molecule has 0 saturated carbocycles. The fraction of sp³-hybridized carbons (Fsp3) is 0. The Kier molecular flexibility index (Phi) is 4.49. The molecule has 98 valence electrons. The Morgan fingerprint density at radius 2 is 1.00 bits per heavy atom. The molecule has 1 atom stereocenters. The summed E-state index contributed by atoms with van der Waals surface area (Å²) in [7, 11) is 0. The van der Waals surface area contributed by atoms with Gasteiger partial charge in [0.1, 0.15) is 0 Å². The Hall–Kier alpha value is -1.18. The highest BCUT2D eigenvalue weighted by molar-refractivity contribution is 14.2. The molecule has 0 saturated heterocycles. The Morgan fingerprint density at radius 1 is 0.550 bits per heavy atom. The zero-order chi connectivity index (χ0) is 13.8. The SMILES string of the molecule is IPc1cc(-c2ccccc2)cc(-c2ccccc2)c1. The predicted molar refractivity (Wildman–Crippen MR) is 99.3 cm³/mol. The van der Waals surface area contributed by atoms with Gasteiger partial charge in [-0.05, 0) is 52.0 Å². The van der Waals surface area contributed by atoms with Crippen LogP contribution in [0.25, 0.3) is 22.3 Å². The lowest BCUT2D eigenvalue weighted by atomic mass is 9.99.